The first-order valence-electron chi connectivity index (χ1n) is 10.7. The lowest BCUT2D eigenvalue weighted by Gasteiger charge is -2.25. The van der Waals surface area contributed by atoms with Gasteiger partial charge in [0.2, 0.25) is 5.91 Å². The number of amides is 2. The first-order chi connectivity index (χ1) is 16.9. The number of carbonyl (C=O) groups is 2. The van der Waals surface area contributed by atoms with Gasteiger partial charge in [-0.2, -0.15) is 13.2 Å². The Hall–Kier alpha value is -3.10. The second-order valence-electron chi connectivity index (χ2n) is 8.35. The summed E-state index contributed by atoms with van der Waals surface area (Å²) in [5.74, 6) is -0.767. The Morgan fingerprint density at radius 1 is 1.22 bits per heavy atom. The normalized spacial score (nSPS) is 22.7. The van der Waals surface area contributed by atoms with Crippen molar-refractivity contribution in [2.24, 2.45) is 15.9 Å². The van der Waals surface area contributed by atoms with Crippen LogP contribution in [0.1, 0.15) is 40.1 Å². The number of nitrogens with zero attached hydrogens (tertiary/aromatic N) is 6. The standard InChI is InChI=1S/C21H22ClF3N8O2S/c1-9(30-19(35)16-15-10(2)32(3)33(4)17(15)29-8-28-16)20-27-7-13(36-20)18(34)31-14-5-11(21(23,24)25)12(22)6-26-14/h5-10,15-16H,1-4H3,(H,30,35)(H,26,31,34). The highest BCUT2D eigenvalue weighted by molar-refractivity contribution is 7.13. The predicted octanol–water partition coefficient (Wildman–Crippen LogP) is 3.25. The molecular formula is C21H22ClF3N8O2S. The molecule has 0 radical (unpaired) electrons. The third-order valence-electron chi connectivity index (χ3n) is 6.12. The van der Waals surface area contributed by atoms with E-state index in [-0.39, 0.29) is 28.6 Å². The Labute approximate surface area is 213 Å². The fraction of sp³-hybridized carbons (Fsp3) is 0.429. The molecule has 0 aliphatic carbocycles. The van der Waals surface area contributed by atoms with Crippen LogP contribution in [0.25, 0.3) is 0 Å². The van der Waals surface area contributed by atoms with Gasteiger partial charge in [0.1, 0.15) is 33.9 Å². The van der Waals surface area contributed by atoms with Crippen molar-refractivity contribution in [3.8, 4) is 0 Å². The summed E-state index contributed by atoms with van der Waals surface area (Å²) >= 11 is 6.56. The molecule has 2 amide bonds. The average molecular weight is 543 g/mol. The zero-order chi connectivity index (χ0) is 26.4. The number of alkyl halides is 3. The van der Waals surface area contributed by atoms with Gasteiger partial charge >= 0.3 is 6.18 Å². The zero-order valence-corrected chi connectivity index (χ0v) is 21.1. The number of amidine groups is 1. The van der Waals surface area contributed by atoms with Gasteiger partial charge in [-0.15, -0.1) is 11.3 Å². The molecule has 10 nitrogen and oxygen atoms in total. The summed E-state index contributed by atoms with van der Waals surface area (Å²) in [6.45, 7) is 3.71. The number of thiazole rings is 1. The largest absolute Gasteiger partial charge is 0.418 e. The molecule has 192 valence electrons. The molecule has 0 spiro atoms. The Kier molecular flexibility index (Phi) is 7.03. The number of pyridine rings is 1. The number of carbonyl (C=O) groups excluding carboxylic acids is 2. The summed E-state index contributed by atoms with van der Waals surface area (Å²) in [5, 5.41) is 8.94. The minimum Gasteiger partial charge on any atom is -0.345 e. The van der Waals surface area contributed by atoms with Crippen molar-refractivity contribution >= 4 is 52.7 Å². The van der Waals surface area contributed by atoms with Crippen LogP contribution < -0.4 is 10.6 Å². The number of rotatable bonds is 5. The predicted molar refractivity (Wildman–Crippen MR) is 129 cm³/mol. The van der Waals surface area contributed by atoms with E-state index in [4.69, 9.17) is 11.6 Å². The maximum Gasteiger partial charge on any atom is 0.418 e. The number of halogens is 4. The Bertz CT molecular complexity index is 1250. The third kappa shape index (κ3) is 4.92. The number of hydrogen-bond acceptors (Lipinski definition) is 9. The number of nitrogens with one attached hydrogen (secondary N) is 2. The quantitative estimate of drug-likeness (QED) is 0.599. The van der Waals surface area contributed by atoms with Gasteiger partial charge in [-0.1, -0.05) is 11.6 Å². The molecule has 36 heavy (non-hydrogen) atoms. The summed E-state index contributed by atoms with van der Waals surface area (Å²) in [5.41, 5.74) is -1.11. The highest BCUT2D eigenvalue weighted by Gasteiger charge is 2.47. The summed E-state index contributed by atoms with van der Waals surface area (Å²) in [7, 11) is 3.78. The van der Waals surface area contributed by atoms with E-state index in [0.29, 0.717) is 11.1 Å². The maximum absolute atomic E-state index is 13.1. The number of hydrogen-bond donors (Lipinski definition) is 2. The fourth-order valence-electron chi connectivity index (χ4n) is 4.02. The second-order valence-corrected chi connectivity index (χ2v) is 9.82. The van der Waals surface area contributed by atoms with Gasteiger partial charge in [0.25, 0.3) is 5.91 Å². The van der Waals surface area contributed by atoms with Crippen LogP contribution in [0.15, 0.2) is 28.4 Å². The lowest BCUT2D eigenvalue weighted by molar-refractivity contribution is -0.137. The van der Waals surface area contributed by atoms with Gasteiger partial charge in [-0.25, -0.2) is 20.0 Å². The van der Waals surface area contributed by atoms with Crippen molar-refractivity contribution < 1.29 is 22.8 Å². The van der Waals surface area contributed by atoms with Gasteiger partial charge in [0.15, 0.2) is 0 Å². The molecule has 0 saturated carbocycles. The highest BCUT2D eigenvalue weighted by Crippen LogP contribution is 2.35. The molecule has 1 saturated heterocycles. The van der Waals surface area contributed by atoms with Crippen LogP contribution in [-0.4, -0.2) is 70.2 Å². The van der Waals surface area contributed by atoms with Gasteiger partial charge in [-0.05, 0) is 19.9 Å². The van der Waals surface area contributed by atoms with E-state index < -0.39 is 34.8 Å². The van der Waals surface area contributed by atoms with Crippen LogP contribution in [-0.2, 0) is 11.0 Å². The van der Waals surface area contributed by atoms with Crippen LogP contribution in [0.2, 0.25) is 5.02 Å². The number of aromatic nitrogens is 2. The Balaban J connectivity index is 1.42. The molecule has 4 atom stereocenters. The van der Waals surface area contributed by atoms with Gasteiger partial charge in [0.05, 0.1) is 28.7 Å². The monoisotopic (exact) mass is 542 g/mol. The van der Waals surface area contributed by atoms with E-state index in [1.807, 2.05) is 31.0 Å². The topological polar surface area (TPSA) is 115 Å². The molecule has 4 unspecified atom stereocenters. The molecule has 2 N–H and O–H groups in total. The first kappa shape index (κ1) is 26.0. The summed E-state index contributed by atoms with van der Waals surface area (Å²) in [6.07, 6.45) is -1.21. The van der Waals surface area contributed by atoms with Crippen LogP contribution in [0.3, 0.4) is 0 Å². The second kappa shape index (κ2) is 9.75. The molecule has 15 heteroatoms. The Morgan fingerprint density at radius 2 is 1.94 bits per heavy atom. The molecular weight excluding hydrogens is 521 g/mol. The minimum atomic E-state index is -4.69. The lowest BCUT2D eigenvalue weighted by Crippen LogP contribution is -2.46. The molecule has 2 aromatic heterocycles. The van der Waals surface area contributed by atoms with Crippen molar-refractivity contribution in [3.05, 3.63) is 38.9 Å². The zero-order valence-electron chi connectivity index (χ0n) is 19.5. The summed E-state index contributed by atoms with van der Waals surface area (Å²) < 4.78 is 39.2. The van der Waals surface area contributed by atoms with Crippen molar-refractivity contribution in [1.29, 1.82) is 0 Å². The number of aliphatic imine (C=N–C) groups is 2. The van der Waals surface area contributed by atoms with Crippen LogP contribution in [0.4, 0.5) is 19.0 Å². The molecule has 4 rings (SSSR count). The van der Waals surface area contributed by atoms with Crippen LogP contribution in [0.5, 0.6) is 0 Å². The van der Waals surface area contributed by atoms with Gasteiger partial charge in [-0.3, -0.25) is 19.6 Å². The van der Waals surface area contributed by atoms with Crippen molar-refractivity contribution in [3.63, 3.8) is 0 Å². The number of anilines is 1. The molecule has 2 aliphatic rings. The molecule has 0 aromatic carbocycles. The van der Waals surface area contributed by atoms with Gasteiger partial charge in [0, 0.05) is 26.3 Å². The molecule has 0 bridgehead atoms. The van der Waals surface area contributed by atoms with E-state index in [1.54, 1.807) is 6.92 Å². The van der Waals surface area contributed by atoms with Crippen LogP contribution >= 0.6 is 22.9 Å². The van der Waals surface area contributed by atoms with Crippen LogP contribution in [0, 0.1) is 5.92 Å². The highest BCUT2D eigenvalue weighted by atomic mass is 35.5. The fourth-order valence-corrected chi connectivity index (χ4v) is 5.04. The average Bonchev–Trinajstić information content (AvgIpc) is 3.40. The van der Waals surface area contributed by atoms with E-state index in [9.17, 15) is 22.8 Å². The summed E-state index contributed by atoms with van der Waals surface area (Å²) in [4.78, 5) is 42.3. The van der Waals surface area contributed by atoms with Gasteiger partial charge < -0.3 is 10.6 Å². The third-order valence-corrected chi connectivity index (χ3v) is 7.60. The first-order valence-corrected chi connectivity index (χ1v) is 11.9. The number of hydrazine groups is 1. The van der Waals surface area contributed by atoms with E-state index >= 15 is 0 Å². The van der Waals surface area contributed by atoms with E-state index in [0.717, 1.165) is 23.4 Å². The van der Waals surface area contributed by atoms with Crippen molar-refractivity contribution in [2.45, 2.75) is 38.1 Å². The SMILES string of the molecule is CC(NC(=O)C1N=CN=C2C1C(C)N(C)N2C)c1ncc(C(=O)Nc2cc(C(F)(F)F)c(Cl)cn2)s1. The van der Waals surface area contributed by atoms with Crippen molar-refractivity contribution in [2.75, 3.05) is 19.4 Å². The van der Waals surface area contributed by atoms with Crippen molar-refractivity contribution in [1.82, 2.24) is 25.3 Å². The number of fused-ring (bicyclic) bond motifs is 1. The molecule has 2 aliphatic heterocycles. The smallest absolute Gasteiger partial charge is 0.345 e. The lowest BCUT2D eigenvalue weighted by atomic mass is 9.91. The van der Waals surface area contributed by atoms with E-state index in [1.165, 1.54) is 12.5 Å². The van der Waals surface area contributed by atoms with E-state index in [2.05, 4.69) is 30.6 Å². The molecule has 4 heterocycles. The maximum atomic E-state index is 13.1. The summed E-state index contributed by atoms with van der Waals surface area (Å²) in [6, 6.07) is -0.554. The molecule has 2 aromatic rings. The Morgan fingerprint density at radius 3 is 2.64 bits per heavy atom. The molecule has 1 fully saturated rings. The minimum absolute atomic E-state index is 0.00626.